The highest BCUT2D eigenvalue weighted by molar-refractivity contribution is 8.03. The van der Waals surface area contributed by atoms with Gasteiger partial charge in [0.15, 0.2) is 0 Å². The number of hydrogen-bond donors (Lipinski definition) is 1. The Morgan fingerprint density at radius 1 is 1.88 bits per heavy atom. The van der Waals surface area contributed by atoms with Crippen LogP contribution >= 0.6 is 11.8 Å². The molecule has 0 aromatic heterocycles. The van der Waals surface area contributed by atoms with E-state index in [1.807, 2.05) is 12.8 Å². The third-order valence-corrected chi connectivity index (χ3v) is 0.910. The number of hydrogen-bond acceptors (Lipinski definition) is 2. The maximum Gasteiger partial charge on any atom is 0.382 e. The highest BCUT2D eigenvalue weighted by Crippen LogP contribution is 1.91. The zero-order valence-corrected chi connectivity index (χ0v) is 5.29. The summed E-state index contributed by atoms with van der Waals surface area (Å²) in [6.45, 7) is 1.92. The first-order valence-electron chi connectivity index (χ1n) is 2.13. The molecule has 0 aliphatic rings. The fourth-order valence-corrected chi connectivity index (χ4v) is 0.456. The lowest BCUT2D eigenvalue weighted by atomic mass is 10.7. The minimum Gasteiger partial charge on any atom is -0.472 e. The Kier molecular flexibility index (Phi) is 4.19. The van der Waals surface area contributed by atoms with Crippen LogP contribution in [0.2, 0.25) is 0 Å². The quantitative estimate of drug-likeness (QED) is 0.533. The molecular formula is C5H6O2S. The minimum atomic E-state index is -1.06. The summed E-state index contributed by atoms with van der Waals surface area (Å²) in [5.74, 6) is 1.75. The van der Waals surface area contributed by atoms with E-state index in [4.69, 9.17) is 5.11 Å². The topological polar surface area (TPSA) is 37.3 Å². The Balaban J connectivity index is 3.35. The Labute approximate surface area is 52.3 Å². The fourth-order valence-electron chi connectivity index (χ4n) is 0.152. The minimum absolute atomic E-state index is 0.834. The van der Waals surface area contributed by atoms with Crippen LogP contribution in [-0.4, -0.2) is 16.8 Å². The Morgan fingerprint density at radius 2 is 2.50 bits per heavy atom. The van der Waals surface area contributed by atoms with Crippen molar-refractivity contribution in [2.45, 2.75) is 6.92 Å². The first-order valence-corrected chi connectivity index (χ1v) is 3.11. The van der Waals surface area contributed by atoms with Crippen LogP contribution in [0.3, 0.4) is 0 Å². The molecule has 0 saturated carbocycles. The second-order valence-corrected chi connectivity index (χ2v) is 2.04. The Morgan fingerprint density at radius 3 is 2.88 bits per heavy atom. The second-order valence-electron chi connectivity index (χ2n) is 0.965. The molecule has 0 amide bonds. The number of carbonyl (C=O) groups is 1. The van der Waals surface area contributed by atoms with Gasteiger partial charge in [-0.05, 0) is 5.25 Å². The van der Waals surface area contributed by atoms with Crippen molar-refractivity contribution < 1.29 is 9.90 Å². The third-order valence-electron chi connectivity index (χ3n) is 0.374. The molecule has 0 unspecified atom stereocenters. The lowest BCUT2D eigenvalue weighted by molar-refractivity contribution is -0.130. The molecule has 0 bridgehead atoms. The van der Waals surface area contributed by atoms with Crippen LogP contribution < -0.4 is 0 Å². The Hall–Kier alpha value is -0.620. The van der Waals surface area contributed by atoms with E-state index in [-0.39, 0.29) is 0 Å². The van der Waals surface area contributed by atoms with Gasteiger partial charge in [-0.15, -0.1) is 0 Å². The third kappa shape index (κ3) is 5.38. The van der Waals surface area contributed by atoms with Crippen molar-refractivity contribution in [1.29, 1.82) is 0 Å². The van der Waals surface area contributed by atoms with Crippen molar-refractivity contribution in [1.82, 2.24) is 0 Å². The molecule has 0 atom stereocenters. The van der Waals surface area contributed by atoms with E-state index < -0.39 is 5.97 Å². The number of carboxylic acid groups (broad SMARTS) is 1. The van der Waals surface area contributed by atoms with E-state index in [0.29, 0.717) is 0 Å². The van der Waals surface area contributed by atoms with Gasteiger partial charge in [0.1, 0.15) is 0 Å². The van der Waals surface area contributed by atoms with E-state index in [2.05, 4.69) is 5.25 Å². The molecule has 0 saturated heterocycles. The van der Waals surface area contributed by atoms with E-state index in [0.717, 1.165) is 5.75 Å². The molecule has 0 heterocycles. The molecule has 0 rings (SSSR count). The molecule has 0 fully saturated rings. The summed E-state index contributed by atoms with van der Waals surface area (Å²) < 4.78 is 0. The standard InChI is InChI=1S/C5H6O2S/c1-2-8-4-3-5(6)7/h2H2,1H3,(H,6,7). The summed E-state index contributed by atoms with van der Waals surface area (Å²) in [6, 6.07) is 0. The van der Waals surface area contributed by atoms with Crippen molar-refractivity contribution in [3.8, 4) is 11.2 Å². The smallest absolute Gasteiger partial charge is 0.382 e. The van der Waals surface area contributed by atoms with Gasteiger partial charge in [-0.25, -0.2) is 4.79 Å². The summed E-state index contributed by atoms with van der Waals surface area (Å²) in [7, 11) is 0. The highest BCUT2D eigenvalue weighted by atomic mass is 32.2. The lowest BCUT2D eigenvalue weighted by Crippen LogP contribution is -1.85. The van der Waals surface area contributed by atoms with E-state index >= 15 is 0 Å². The highest BCUT2D eigenvalue weighted by Gasteiger charge is 1.80. The van der Waals surface area contributed by atoms with Gasteiger partial charge in [-0.1, -0.05) is 18.7 Å². The van der Waals surface area contributed by atoms with Crippen LogP contribution in [0.4, 0.5) is 0 Å². The van der Waals surface area contributed by atoms with Gasteiger partial charge < -0.3 is 5.11 Å². The van der Waals surface area contributed by atoms with Crippen LogP contribution in [0.25, 0.3) is 0 Å². The summed E-state index contributed by atoms with van der Waals surface area (Å²) in [6.07, 6.45) is 0. The van der Waals surface area contributed by atoms with Gasteiger partial charge in [0.2, 0.25) is 0 Å². The SMILES string of the molecule is CCSC#CC(=O)O. The van der Waals surface area contributed by atoms with Crippen molar-refractivity contribution >= 4 is 17.7 Å². The summed E-state index contributed by atoms with van der Waals surface area (Å²) in [4.78, 5) is 9.69. The predicted molar refractivity (Wildman–Crippen MR) is 33.5 cm³/mol. The van der Waals surface area contributed by atoms with Crippen molar-refractivity contribution in [3.05, 3.63) is 0 Å². The van der Waals surface area contributed by atoms with Gasteiger partial charge >= 0.3 is 5.97 Å². The Bertz CT molecular complexity index is 131. The van der Waals surface area contributed by atoms with Crippen LogP contribution in [0.1, 0.15) is 6.92 Å². The zero-order valence-electron chi connectivity index (χ0n) is 4.47. The molecule has 0 spiro atoms. The molecule has 0 aromatic carbocycles. The molecule has 0 aliphatic carbocycles. The van der Waals surface area contributed by atoms with Crippen LogP contribution in [0.15, 0.2) is 0 Å². The maximum absolute atomic E-state index is 9.69. The van der Waals surface area contributed by atoms with Crippen LogP contribution in [0.5, 0.6) is 0 Å². The molecule has 0 aliphatic heterocycles. The second kappa shape index (κ2) is 4.54. The average Bonchev–Trinajstić information content (AvgIpc) is 1.66. The van der Waals surface area contributed by atoms with Gasteiger partial charge in [0.05, 0.1) is 0 Å². The van der Waals surface area contributed by atoms with Crippen molar-refractivity contribution in [2.24, 2.45) is 0 Å². The largest absolute Gasteiger partial charge is 0.472 e. The van der Waals surface area contributed by atoms with Gasteiger partial charge in [-0.3, -0.25) is 0 Å². The van der Waals surface area contributed by atoms with Crippen molar-refractivity contribution in [3.63, 3.8) is 0 Å². The van der Waals surface area contributed by atoms with Gasteiger partial charge in [-0.2, -0.15) is 0 Å². The average molecular weight is 130 g/mol. The van der Waals surface area contributed by atoms with Crippen LogP contribution in [-0.2, 0) is 4.79 Å². The normalized spacial score (nSPS) is 7.12. The molecule has 0 aromatic rings. The fraction of sp³-hybridized carbons (Fsp3) is 0.400. The maximum atomic E-state index is 9.69. The summed E-state index contributed by atoms with van der Waals surface area (Å²) in [5, 5.41) is 10.4. The van der Waals surface area contributed by atoms with E-state index in [1.165, 1.54) is 11.8 Å². The van der Waals surface area contributed by atoms with Crippen LogP contribution in [0, 0.1) is 11.2 Å². The number of rotatable bonds is 1. The molecule has 3 heteroatoms. The molecule has 44 valence electrons. The molecular weight excluding hydrogens is 124 g/mol. The number of aliphatic carboxylic acids is 1. The summed E-state index contributed by atoms with van der Waals surface area (Å²) in [5.41, 5.74) is 0. The monoisotopic (exact) mass is 130 g/mol. The van der Waals surface area contributed by atoms with E-state index in [9.17, 15) is 4.79 Å². The molecule has 2 nitrogen and oxygen atoms in total. The first-order chi connectivity index (χ1) is 3.77. The van der Waals surface area contributed by atoms with Gasteiger partial charge in [0, 0.05) is 11.7 Å². The zero-order chi connectivity index (χ0) is 6.41. The lowest BCUT2D eigenvalue weighted by Gasteiger charge is -1.73. The first kappa shape index (κ1) is 7.38. The predicted octanol–water partition coefficient (Wildman–Crippen LogP) is 0.785. The molecule has 8 heavy (non-hydrogen) atoms. The van der Waals surface area contributed by atoms with Crippen molar-refractivity contribution in [2.75, 3.05) is 5.75 Å². The van der Waals surface area contributed by atoms with Gasteiger partial charge in [0.25, 0.3) is 0 Å². The summed E-state index contributed by atoms with van der Waals surface area (Å²) >= 11 is 1.29. The molecule has 1 N–H and O–H groups in total. The van der Waals surface area contributed by atoms with E-state index in [1.54, 1.807) is 0 Å². The number of carboxylic acids is 1. The number of thioether (sulfide) groups is 1. The molecule has 0 radical (unpaired) electrons.